The van der Waals surface area contributed by atoms with Crippen LogP contribution >= 0.6 is 11.6 Å². The molecule has 4 nitrogen and oxygen atoms in total. The normalized spacial score (nSPS) is 15.9. The molecule has 0 saturated carbocycles. The molecule has 0 aliphatic carbocycles. The summed E-state index contributed by atoms with van der Waals surface area (Å²) in [5.74, 6) is -0.250. The minimum Gasteiger partial charge on any atom is -0.354 e. The number of halogens is 1. The third kappa shape index (κ3) is 3.29. The summed E-state index contributed by atoms with van der Waals surface area (Å²) in [4.78, 5) is 26.1. The Morgan fingerprint density at radius 1 is 1.17 bits per heavy atom. The van der Waals surface area contributed by atoms with E-state index >= 15 is 0 Å². The highest BCUT2D eigenvalue weighted by Crippen LogP contribution is 2.32. The number of hydrogen-bond donors (Lipinski definition) is 1. The Morgan fingerprint density at radius 3 is 2.62 bits per heavy atom. The van der Waals surface area contributed by atoms with Crippen molar-refractivity contribution in [3.05, 3.63) is 64.7 Å². The first-order valence-electron chi connectivity index (χ1n) is 7.96. The number of benzene rings is 2. The lowest BCUT2D eigenvalue weighted by atomic mass is 10.1. The maximum Gasteiger partial charge on any atom is 0.243 e. The van der Waals surface area contributed by atoms with E-state index in [2.05, 4.69) is 5.32 Å². The van der Waals surface area contributed by atoms with Gasteiger partial charge in [-0.05, 0) is 29.7 Å². The Kier molecular flexibility index (Phi) is 4.86. The predicted octanol–water partition coefficient (Wildman–Crippen LogP) is 2.98. The molecule has 124 valence electrons. The van der Waals surface area contributed by atoms with Gasteiger partial charge in [0.05, 0.1) is 0 Å². The van der Waals surface area contributed by atoms with Gasteiger partial charge in [0.1, 0.15) is 6.04 Å². The topological polar surface area (TPSA) is 49.4 Å². The summed E-state index contributed by atoms with van der Waals surface area (Å²) in [6.45, 7) is 1.98. The number of nitrogens with zero attached hydrogens (tertiary/aromatic N) is 1. The summed E-state index contributed by atoms with van der Waals surface area (Å²) in [6, 6.07) is 14.8. The largest absolute Gasteiger partial charge is 0.354 e. The molecule has 1 N–H and O–H groups in total. The summed E-state index contributed by atoms with van der Waals surface area (Å²) in [7, 11) is 0. The van der Waals surface area contributed by atoms with Gasteiger partial charge in [-0.1, -0.05) is 48.0 Å². The minimum atomic E-state index is -0.480. The van der Waals surface area contributed by atoms with Crippen LogP contribution in [0, 0.1) is 0 Å². The van der Waals surface area contributed by atoms with E-state index in [1.807, 2.05) is 48.5 Å². The fraction of sp³-hybridized carbons (Fsp3) is 0.263. The number of amides is 2. The van der Waals surface area contributed by atoms with E-state index in [-0.39, 0.29) is 11.8 Å². The Hall–Kier alpha value is -2.33. The molecule has 0 unspecified atom stereocenters. The van der Waals surface area contributed by atoms with Crippen molar-refractivity contribution in [2.75, 3.05) is 11.4 Å². The highest BCUT2D eigenvalue weighted by atomic mass is 35.5. The van der Waals surface area contributed by atoms with Gasteiger partial charge in [0.15, 0.2) is 0 Å². The van der Waals surface area contributed by atoms with Crippen LogP contribution in [-0.2, 0) is 22.4 Å². The van der Waals surface area contributed by atoms with Crippen LogP contribution in [0.4, 0.5) is 5.69 Å². The summed E-state index contributed by atoms with van der Waals surface area (Å²) in [6.07, 6.45) is 1.21. The number of hydrogen-bond acceptors (Lipinski definition) is 2. The average Bonchev–Trinajstić information content (AvgIpc) is 2.96. The number of nitrogens with one attached hydrogen (secondary N) is 1. The molecule has 24 heavy (non-hydrogen) atoms. The van der Waals surface area contributed by atoms with Crippen molar-refractivity contribution in [1.29, 1.82) is 0 Å². The first kappa shape index (κ1) is 16.5. The van der Waals surface area contributed by atoms with Gasteiger partial charge in [-0.25, -0.2) is 0 Å². The maximum atomic E-state index is 12.6. The van der Waals surface area contributed by atoms with Crippen molar-refractivity contribution < 1.29 is 9.59 Å². The first-order chi connectivity index (χ1) is 11.6. The van der Waals surface area contributed by atoms with Crippen molar-refractivity contribution in [3.63, 3.8) is 0 Å². The van der Waals surface area contributed by atoms with Crippen LogP contribution in [-0.4, -0.2) is 24.4 Å². The molecule has 2 aromatic rings. The molecule has 0 radical (unpaired) electrons. The fourth-order valence-electron chi connectivity index (χ4n) is 3.12. The molecule has 2 aromatic carbocycles. The molecule has 1 heterocycles. The summed E-state index contributed by atoms with van der Waals surface area (Å²) >= 11 is 6.13. The number of carbonyl (C=O) groups excluding carboxylic acids is 2. The molecule has 0 saturated heterocycles. The van der Waals surface area contributed by atoms with E-state index < -0.39 is 6.04 Å². The van der Waals surface area contributed by atoms with Crippen molar-refractivity contribution >= 4 is 29.1 Å². The van der Waals surface area contributed by atoms with Crippen LogP contribution in [0.5, 0.6) is 0 Å². The van der Waals surface area contributed by atoms with Gasteiger partial charge in [-0.2, -0.15) is 0 Å². The van der Waals surface area contributed by atoms with E-state index in [0.29, 0.717) is 24.4 Å². The Bertz CT molecular complexity index is 775. The lowest BCUT2D eigenvalue weighted by molar-refractivity contribution is -0.125. The van der Waals surface area contributed by atoms with E-state index in [0.717, 1.165) is 16.8 Å². The van der Waals surface area contributed by atoms with E-state index in [4.69, 9.17) is 11.6 Å². The van der Waals surface area contributed by atoms with Gasteiger partial charge in [-0.3, -0.25) is 14.5 Å². The second kappa shape index (κ2) is 7.05. The molecule has 1 aliphatic rings. The van der Waals surface area contributed by atoms with Crippen molar-refractivity contribution in [3.8, 4) is 0 Å². The van der Waals surface area contributed by atoms with Gasteiger partial charge in [-0.15, -0.1) is 0 Å². The fourth-order valence-corrected chi connectivity index (χ4v) is 3.35. The first-order valence-corrected chi connectivity index (χ1v) is 8.34. The van der Waals surface area contributed by atoms with Crippen LogP contribution in [0.25, 0.3) is 0 Å². The van der Waals surface area contributed by atoms with Crippen LogP contribution < -0.4 is 10.2 Å². The molecule has 1 atom stereocenters. The van der Waals surface area contributed by atoms with Crippen LogP contribution in [0.15, 0.2) is 48.5 Å². The number of anilines is 1. The van der Waals surface area contributed by atoms with Gasteiger partial charge in [0.25, 0.3) is 0 Å². The SMILES string of the molecule is CC(=O)N1c2ccccc2C[C@@H]1C(=O)NCCc1ccccc1Cl. The zero-order valence-corrected chi connectivity index (χ0v) is 14.2. The Labute approximate surface area is 146 Å². The van der Waals surface area contributed by atoms with Crippen LogP contribution in [0.3, 0.4) is 0 Å². The highest BCUT2D eigenvalue weighted by Gasteiger charge is 2.36. The van der Waals surface area contributed by atoms with Crippen molar-refractivity contribution in [2.24, 2.45) is 0 Å². The average molecular weight is 343 g/mol. The molecule has 3 rings (SSSR count). The number of rotatable bonds is 4. The molecule has 1 aliphatic heterocycles. The number of para-hydroxylation sites is 1. The van der Waals surface area contributed by atoms with Gasteiger partial charge in [0.2, 0.25) is 11.8 Å². The molecule has 0 bridgehead atoms. The van der Waals surface area contributed by atoms with Crippen LogP contribution in [0.2, 0.25) is 5.02 Å². The van der Waals surface area contributed by atoms with Crippen molar-refractivity contribution in [1.82, 2.24) is 5.32 Å². The Balaban J connectivity index is 1.65. The van der Waals surface area contributed by atoms with Crippen molar-refractivity contribution in [2.45, 2.75) is 25.8 Å². The lowest BCUT2D eigenvalue weighted by Gasteiger charge is -2.23. The zero-order valence-electron chi connectivity index (χ0n) is 13.5. The monoisotopic (exact) mass is 342 g/mol. The van der Waals surface area contributed by atoms with Gasteiger partial charge >= 0.3 is 0 Å². The van der Waals surface area contributed by atoms with Crippen LogP contribution in [0.1, 0.15) is 18.1 Å². The van der Waals surface area contributed by atoms with E-state index in [1.165, 1.54) is 6.92 Å². The standard InChI is InChI=1S/C19H19ClN2O2/c1-13(23)22-17-9-5-3-7-15(17)12-18(22)19(24)21-11-10-14-6-2-4-8-16(14)20/h2-9,18H,10-12H2,1H3,(H,21,24)/t18-/m1/s1. The molecule has 0 aromatic heterocycles. The van der Waals surface area contributed by atoms with Gasteiger partial charge in [0, 0.05) is 30.6 Å². The molecular weight excluding hydrogens is 324 g/mol. The zero-order chi connectivity index (χ0) is 17.1. The smallest absolute Gasteiger partial charge is 0.243 e. The number of carbonyl (C=O) groups is 2. The van der Waals surface area contributed by atoms with E-state index in [1.54, 1.807) is 4.90 Å². The highest BCUT2D eigenvalue weighted by molar-refractivity contribution is 6.31. The third-order valence-electron chi connectivity index (χ3n) is 4.27. The second-order valence-electron chi connectivity index (χ2n) is 5.87. The third-order valence-corrected chi connectivity index (χ3v) is 4.64. The maximum absolute atomic E-state index is 12.6. The lowest BCUT2D eigenvalue weighted by Crippen LogP contribution is -2.47. The summed E-state index contributed by atoms with van der Waals surface area (Å²) < 4.78 is 0. The molecule has 0 fully saturated rings. The predicted molar refractivity (Wildman–Crippen MR) is 95.3 cm³/mol. The molecule has 2 amide bonds. The summed E-state index contributed by atoms with van der Waals surface area (Å²) in [5, 5.41) is 3.63. The molecule has 0 spiro atoms. The second-order valence-corrected chi connectivity index (χ2v) is 6.28. The number of fused-ring (bicyclic) bond motifs is 1. The van der Waals surface area contributed by atoms with Gasteiger partial charge < -0.3 is 5.32 Å². The quantitative estimate of drug-likeness (QED) is 0.928. The minimum absolute atomic E-state index is 0.119. The Morgan fingerprint density at radius 2 is 1.88 bits per heavy atom. The molecular formula is C19H19ClN2O2. The molecule has 5 heteroatoms. The summed E-state index contributed by atoms with van der Waals surface area (Å²) in [5.41, 5.74) is 2.85. The van der Waals surface area contributed by atoms with E-state index in [9.17, 15) is 9.59 Å².